The predicted octanol–water partition coefficient (Wildman–Crippen LogP) is 5.60. The summed E-state index contributed by atoms with van der Waals surface area (Å²) in [6.07, 6.45) is 13.5. The highest BCUT2D eigenvalue weighted by Gasteiger charge is 2.17. The highest BCUT2D eigenvalue weighted by atomic mass is 16.6. The van der Waals surface area contributed by atoms with E-state index in [9.17, 15) is 14.4 Å². The fourth-order valence-electron chi connectivity index (χ4n) is 3.28. The van der Waals surface area contributed by atoms with E-state index in [0.717, 1.165) is 38.5 Å². The fraction of sp³-hybridized carbons (Fsp3) is 0.692. The van der Waals surface area contributed by atoms with Crippen LogP contribution >= 0.6 is 0 Å². The summed E-state index contributed by atoms with van der Waals surface area (Å²) in [6.45, 7) is 4.67. The minimum Gasteiger partial charge on any atom is -0.491 e. The first-order valence-corrected chi connectivity index (χ1v) is 12.8. The number of nitrogens with one attached hydrogen (secondary N) is 1. The zero-order valence-electron chi connectivity index (χ0n) is 21.6. The molecule has 0 aromatic carbocycles. The van der Waals surface area contributed by atoms with Crippen LogP contribution in [0.1, 0.15) is 101 Å². The lowest BCUT2D eigenvalue weighted by Gasteiger charge is -2.11. The largest absolute Gasteiger partial charge is 0.491 e. The van der Waals surface area contributed by atoms with Crippen LogP contribution in [-0.4, -0.2) is 49.9 Å². The number of aromatic nitrogens is 1. The second-order valence-electron chi connectivity index (χ2n) is 8.37. The van der Waals surface area contributed by atoms with Gasteiger partial charge in [0.15, 0.2) is 5.75 Å². The van der Waals surface area contributed by atoms with Gasteiger partial charge in [-0.15, -0.1) is 0 Å². The van der Waals surface area contributed by atoms with Gasteiger partial charge in [0.05, 0.1) is 25.9 Å². The van der Waals surface area contributed by atoms with Crippen LogP contribution in [0, 0.1) is 0 Å². The first-order valence-electron chi connectivity index (χ1n) is 12.8. The highest BCUT2D eigenvalue weighted by molar-refractivity contribution is 5.89. The summed E-state index contributed by atoms with van der Waals surface area (Å²) in [7, 11) is 1.37. The van der Waals surface area contributed by atoms with Crippen LogP contribution in [-0.2, 0) is 14.3 Å². The maximum Gasteiger partial charge on any atom is 0.414 e. The maximum absolute atomic E-state index is 12.2. The van der Waals surface area contributed by atoms with Crippen LogP contribution < -0.4 is 14.8 Å². The summed E-state index contributed by atoms with van der Waals surface area (Å²) in [5.41, 5.74) is 0.193. The molecule has 1 aromatic heterocycles. The van der Waals surface area contributed by atoms with E-state index in [-0.39, 0.29) is 23.7 Å². The molecule has 0 atom stereocenters. The molecule has 0 saturated carbocycles. The summed E-state index contributed by atoms with van der Waals surface area (Å²) >= 11 is 0. The number of rotatable bonds is 19. The second kappa shape index (κ2) is 19.5. The molecule has 0 spiro atoms. The van der Waals surface area contributed by atoms with Gasteiger partial charge in [0.2, 0.25) is 0 Å². The molecule has 0 aliphatic heterocycles. The molecule has 1 heterocycles. The fourth-order valence-corrected chi connectivity index (χ4v) is 3.28. The Morgan fingerprint density at radius 3 is 2.00 bits per heavy atom. The highest BCUT2D eigenvalue weighted by Crippen LogP contribution is 2.25. The lowest BCUT2D eigenvalue weighted by Crippen LogP contribution is -2.33. The average Bonchev–Trinajstić information content (AvgIpc) is 2.86. The Bertz CT molecular complexity index is 755. The molecule has 0 radical (unpaired) electrons. The van der Waals surface area contributed by atoms with Crippen LogP contribution in [0.5, 0.6) is 11.6 Å². The lowest BCUT2D eigenvalue weighted by atomic mass is 10.1. The van der Waals surface area contributed by atoms with Crippen molar-refractivity contribution in [1.82, 2.24) is 10.3 Å². The molecule has 1 aromatic rings. The van der Waals surface area contributed by atoms with Crippen LogP contribution in [0.25, 0.3) is 0 Å². The lowest BCUT2D eigenvalue weighted by molar-refractivity contribution is -0.142. The summed E-state index contributed by atoms with van der Waals surface area (Å²) in [5.74, 6) is -1.09. The molecular formula is C26H42N2O7. The van der Waals surface area contributed by atoms with Crippen molar-refractivity contribution in [3.63, 3.8) is 0 Å². The summed E-state index contributed by atoms with van der Waals surface area (Å²) in [5, 5.41) is 2.32. The number of nitrogens with zero attached hydrogens (tertiary/aromatic N) is 1. The predicted molar refractivity (Wildman–Crippen MR) is 133 cm³/mol. The Kier molecular flexibility index (Phi) is 16.8. The number of methoxy groups -OCH3 is 1. The van der Waals surface area contributed by atoms with Gasteiger partial charge in [-0.2, -0.15) is 0 Å². The Balaban J connectivity index is 2.35. The second-order valence-corrected chi connectivity index (χ2v) is 8.37. The summed E-state index contributed by atoms with van der Waals surface area (Å²) in [6, 6.07) is 1.40. The standard InChI is InChI=1S/C26H42N2O7/c1-4-6-8-10-12-14-16-33-23(29)20-28-26(31)35-24-22(32-3)18-21(19-27-24)25(30)34-17-15-13-11-9-7-5-2/h18-19H,4-17,20H2,1-3H3,(H,28,31). The van der Waals surface area contributed by atoms with Gasteiger partial charge in [-0.25, -0.2) is 14.6 Å². The quantitative estimate of drug-likeness (QED) is 0.195. The van der Waals surface area contributed by atoms with Crippen molar-refractivity contribution in [2.45, 2.75) is 90.9 Å². The summed E-state index contributed by atoms with van der Waals surface area (Å²) < 4.78 is 20.7. The Hall–Kier alpha value is -2.84. The normalized spacial score (nSPS) is 10.5. The Morgan fingerprint density at radius 1 is 0.829 bits per heavy atom. The molecule has 1 N–H and O–H groups in total. The molecule has 198 valence electrons. The maximum atomic E-state index is 12.2. The topological polar surface area (TPSA) is 113 Å². The molecule has 35 heavy (non-hydrogen) atoms. The van der Waals surface area contributed by atoms with Crippen LogP contribution in [0.2, 0.25) is 0 Å². The van der Waals surface area contributed by atoms with E-state index in [2.05, 4.69) is 24.1 Å². The van der Waals surface area contributed by atoms with E-state index < -0.39 is 18.0 Å². The molecule has 1 rings (SSSR count). The van der Waals surface area contributed by atoms with Crippen molar-refractivity contribution in [3.8, 4) is 11.6 Å². The zero-order chi connectivity index (χ0) is 25.7. The van der Waals surface area contributed by atoms with E-state index in [4.69, 9.17) is 18.9 Å². The molecule has 9 nitrogen and oxygen atoms in total. The molecule has 1 amide bonds. The molecule has 0 aliphatic rings. The smallest absolute Gasteiger partial charge is 0.414 e. The van der Waals surface area contributed by atoms with Crippen LogP contribution in [0.3, 0.4) is 0 Å². The molecule has 0 unspecified atom stereocenters. The van der Waals surface area contributed by atoms with Crippen LogP contribution in [0.4, 0.5) is 4.79 Å². The minimum atomic E-state index is -0.884. The third kappa shape index (κ3) is 14.2. The molecule has 0 bridgehead atoms. The third-order valence-corrected chi connectivity index (χ3v) is 5.33. The summed E-state index contributed by atoms with van der Waals surface area (Å²) in [4.78, 5) is 40.0. The number of ether oxygens (including phenoxy) is 4. The number of amides is 1. The number of pyridine rings is 1. The molecule has 0 fully saturated rings. The number of carbonyl (C=O) groups is 3. The van der Waals surface area contributed by atoms with Gasteiger partial charge in [-0.3, -0.25) is 4.79 Å². The van der Waals surface area contributed by atoms with Crippen LogP contribution in [0.15, 0.2) is 12.3 Å². The van der Waals surface area contributed by atoms with Crippen molar-refractivity contribution in [3.05, 3.63) is 17.8 Å². The van der Waals surface area contributed by atoms with Crippen molar-refractivity contribution < 1.29 is 33.3 Å². The number of unbranched alkanes of at least 4 members (excludes halogenated alkanes) is 10. The van der Waals surface area contributed by atoms with Crippen molar-refractivity contribution >= 4 is 18.0 Å². The van der Waals surface area contributed by atoms with Gasteiger partial charge < -0.3 is 24.3 Å². The van der Waals surface area contributed by atoms with Gasteiger partial charge in [-0.1, -0.05) is 78.1 Å². The first-order chi connectivity index (χ1) is 17.0. The van der Waals surface area contributed by atoms with E-state index >= 15 is 0 Å². The van der Waals surface area contributed by atoms with Gasteiger partial charge in [-0.05, 0) is 12.8 Å². The minimum absolute atomic E-state index is 0.0971. The molecule has 9 heteroatoms. The average molecular weight is 495 g/mol. The Morgan fingerprint density at radius 2 is 1.40 bits per heavy atom. The number of esters is 2. The number of carbonyl (C=O) groups excluding carboxylic acids is 3. The van der Waals surface area contributed by atoms with E-state index in [0.29, 0.717) is 13.2 Å². The Labute approximate surface area is 209 Å². The SMILES string of the molecule is CCCCCCCCOC(=O)CNC(=O)Oc1ncc(C(=O)OCCCCCCCC)cc1OC. The third-order valence-electron chi connectivity index (χ3n) is 5.33. The molecular weight excluding hydrogens is 452 g/mol. The number of hydrogen-bond acceptors (Lipinski definition) is 8. The van der Waals surface area contributed by atoms with Crippen molar-refractivity contribution in [1.29, 1.82) is 0 Å². The van der Waals surface area contributed by atoms with E-state index in [1.807, 2.05) is 0 Å². The van der Waals surface area contributed by atoms with E-state index in [1.165, 1.54) is 57.9 Å². The number of hydrogen-bond donors (Lipinski definition) is 1. The zero-order valence-corrected chi connectivity index (χ0v) is 21.6. The van der Waals surface area contributed by atoms with Crippen molar-refractivity contribution in [2.75, 3.05) is 26.9 Å². The first kappa shape index (κ1) is 30.2. The molecule has 0 saturated heterocycles. The van der Waals surface area contributed by atoms with Crippen molar-refractivity contribution in [2.24, 2.45) is 0 Å². The monoisotopic (exact) mass is 494 g/mol. The van der Waals surface area contributed by atoms with Gasteiger partial charge in [0.25, 0.3) is 5.88 Å². The van der Waals surface area contributed by atoms with Gasteiger partial charge in [0.1, 0.15) is 6.54 Å². The molecule has 0 aliphatic carbocycles. The van der Waals surface area contributed by atoms with E-state index in [1.54, 1.807) is 0 Å². The van der Waals surface area contributed by atoms with Gasteiger partial charge >= 0.3 is 18.0 Å². The van der Waals surface area contributed by atoms with Gasteiger partial charge in [0, 0.05) is 12.3 Å².